The monoisotopic (exact) mass is 273 g/mol. The van der Waals surface area contributed by atoms with Crippen molar-refractivity contribution in [2.24, 2.45) is 0 Å². The quantitative estimate of drug-likeness (QED) is 0.749. The summed E-state index contributed by atoms with van der Waals surface area (Å²) in [7, 11) is 1.09. The van der Waals surface area contributed by atoms with E-state index in [1.165, 1.54) is 6.07 Å². The van der Waals surface area contributed by atoms with Gasteiger partial charge in [-0.25, -0.2) is 13.6 Å². The van der Waals surface area contributed by atoms with Gasteiger partial charge in [-0.05, 0) is 12.1 Å². The standard InChI is InChI=1S/C12H13F2NO4/c1-19-12(18)10(16)6-15-11(17)5-7-8(13)3-2-4-9(7)14/h2-4,10,16H,5-6H2,1H3,(H,15,17). The maximum absolute atomic E-state index is 13.2. The summed E-state index contributed by atoms with van der Waals surface area (Å²) in [6, 6.07) is 3.26. The van der Waals surface area contributed by atoms with Crippen molar-refractivity contribution < 1.29 is 28.2 Å². The number of esters is 1. The number of hydrogen-bond donors (Lipinski definition) is 2. The molecule has 19 heavy (non-hydrogen) atoms. The molecule has 1 aromatic carbocycles. The number of benzene rings is 1. The van der Waals surface area contributed by atoms with Crippen molar-refractivity contribution >= 4 is 11.9 Å². The van der Waals surface area contributed by atoms with E-state index in [4.69, 9.17) is 0 Å². The van der Waals surface area contributed by atoms with Crippen LogP contribution < -0.4 is 5.32 Å². The molecule has 0 fully saturated rings. The zero-order chi connectivity index (χ0) is 14.4. The molecule has 0 aliphatic heterocycles. The van der Waals surface area contributed by atoms with Gasteiger partial charge >= 0.3 is 5.97 Å². The highest BCUT2D eigenvalue weighted by Gasteiger charge is 2.17. The highest BCUT2D eigenvalue weighted by Crippen LogP contribution is 2.12. The Morgan fingerprint density at radius 3 is 2.47 bits per heavy atom. The number of carbonyl (C=O) groups is 2. The topological polar surface area (TPSA) is 75.6 Å². The molecule has 0 aliphatic carbocycles. The number of halogens is 2. The second-order valence-electron chi connectivity index (χ2n) is 3.72. The van der Waals surface area contributed by atoms with Crippen LogP contribution >= 0.6 is 0 Å². The maximum Gasteiger partial charge on any atom is 0.336 e. The van der Waals surface area contributed by atoms with Crippen molar-refractivity contribution in [3.63, 3.8) is 0 Å². The summed E-state index contributed by atoms with van der Waals surface area (Å²) >= 11 is 0. The van der Waals surface area contributed by atoms with Crippen molar-refractivity contribution in [2.45, 2.75) is 12.5 Å². The van der Waals surface area contributed by atoms with Crippen LogP contribution in [-0.2, 0) is 20.7 Å². The van der Waals surface area contributed by atoms with Crippen LogP contribution in [0.1, 0.15) is 5.56 Å². The van der Waals surface area contributed by atoms with Crippen LogP contribution in [0.25, 0.3) is 0 Å². The molecule has 0 bridgehead atoms. The van der Waals surface area contributed by atoms with E-state index in [0.29, 0.717) is 0 Å². The first-order valence-electron chi connectivity index (χ1n) is 5.41. The zero-order valence-corrected chi connectivity index (χ0v) is 10.2. The lowest BCUT2D eigenvalue weighted by Crippen LogP contribution is -2.38. The predicted octanol–water partition coefficient (Wildman–Crippen LogP) is 0.157. The fraction of sp³-hybridized carbons (Fsp3) is 0.333. The van der Waals surface area contributed by atoms with Crippen molar-refractivity contribution in [1.29, 1.82) is 0 Å². The lowest BCUT2D eigenvalue weighted by molar-refractivity contribution is -0.150. The van der Waals surface area contributed by atoms with Crippen LogP contribution in [0.4, 0.5) is 8.78 Å². The van der Waals surface area contributed by atoms with Crippen LogP contribution in [0.15, 0.2) is 18.2 Å². The minimum atomic E-state index is -1.51. The number of rotatable bonds is 5. The molecule has 0 aromatic heterocycles. The Morgan fingerprint density at radius 1 is 1.37 bits per heavy atom. The lowest BCUT2D eigenvalue weighted by atomic mass is 10.1. The molecule has 7 heteroatoms. The van der Waals surface area contributed by atoms with Gasteiger partial charge in [0.1, 0.15) is 11.6 Å². The summed E-state index contributed by atoms with van der Waals surface area (Å²) in [5.41, 5.74) is -0.368. The molecule has 0 saturated heterocycles. The Morgan fingerprint density at radius 2 is 1.95 bits per heavy atom. The van der Waals surface area contributed by atoms with E-state index in [9.17, 15) is 23.5 Å². The largest absolute Gasteiger partial charge is 0.467 e. The highest BCUT2D eigenvalue weighted by atomic mass is 19.1. The molecule has 5 nitrogen and oxygen atoms in total. The van der Waals surface area contributed by atoms with Crippen molar-refractivity contribution in [2.75, 3.05) is 13.7 Å². The summed E-state index contributed by atoms with van der Waals surface area (Å²) in [4.78, 5) is 22.3. The van der Waals surface area contributed by atoms with Gasteiger partial charge in [-0.1, -0.05) is 6.07 Å². The molecule has 1 amide bonds. The van der Waals surface area contributed by atoms with E-state index in [2.05, 4.69) is 10.1 Å². The number of ether oxygens (including phenoxy) is 1. The molecule has 104 valence electrons. The first-order valence-corrected chi connectivity index (χ1v) is 5.41. The molecule has 2 N–H and O–H groups in total. The lowest BCUT2D eigenvalue weighted by Gasteiger charge is -2.10. The highest BCUT2D eigenvalue weighted by molar-refractivity contribution is 5.80. The average Bonchev–Trinajstić information content (AvgIpc) is 2.39. The fourth-order valence-electron chi connectivity index (χ4n) is 1.35. The van der Waals surface area contributed by atoms with Gasteiger partial charge in [-0.15, -0.1) is 0 Å². The van der Waals surface area contributed by atoms with E-state index >= 15 is 0 Å². The van der Waals surface area contributed by atoms with Crippen molar-refractivity contribution in [3.8, 4) is 0 Å². The molecule has 1 aromatic rings. The molecular weight excluding hydrogens is 260 g/mol. The van der Waals surface area contributed by atoms with Gasteiger partial charge in [-0.3, -0.25) is 4.79 Å². The Labute approximate surface area is 108 Å². The van der Waals surface area contributed by atoms with Gasteiger partial charge < -0.3 is 15.2 Å². The van der Waals surface area contributed by atoms with Crippen LogP contribution in [0.3, 0.4) is 0 Å². The normalized spacial score (nSPS) is 11.8. The van der Waals surface area contributed by atoms with Crippen LogP contribution in [0.5, 0.6) is 0 Å². The second-order valence-corrected chi connectivity index (χ2v) is 3.72. The summed E-state index contributed by atoms with van der Waals surface area (Å²) in [6.45, 7) is -0.387. The number of aliphatic hydroxyl groups excluding tert-OH is 1. The number of hydrogen-bond acceptors (Lipinski definition) is 4. The molecule has 0 heterocycles. The molecule has 1 atom stereocenters. The van der Waals surface area contributed by atoms with Gasteiger partial charge in [0.25, 0.3) is 0 Å². The first kappa shape index (κ1) is 15.0. The molecule has 0 radical (unpaired) electrons. The van der Waals surface area contributed by atoms with Crippen LogP contribution in [0.2, 0.25) is 0 Å². The van der Waals surface area contributed by atoms with Gasteiger partial charge in [-0.2, -0.15) is 0 Å². The Kier molecular flexibility index (Phi) is 5.37. The third-order valence-corrected chi connectivity index (χ3v) is 2.36. The summed E-state index contributed by atoms with van der Waals surface area (Å²) < 4.78 is 30.7. The van der Waals surface area contributed by atoms with E-state index in [1.807, 2.05) is 0 Å². The molecule has 0 spiro atoms. The Balaban J connectivity index is 2.54. The van der Waals surface area contributed by atoms with Crippen molar-refractivity contribution in [1.82, 2.24) is 5.32 Å². The predicted molar refractivity (Wildman–Crippen MR) is 61.1 cm³/mol. The van der Waals surface area contributed by atoms with Gasteiger partial charge in [0.05, 0.1) is 20.1 Å². The molecule has 0 aliphatic rings. The van der Waals surface area contributed by atoms with E-state index < -0.39 is 36.0 Å². The number of methoxy groups -OCH3 is 1. The number of amides is 1. The minimum Gasteiger partial charge on any atom is -0.467 e. The number of aliphatic hydroxyl groups is 1. The summed E-state index contributed by atoms with van der Waals surface area (Å²) in [5, 5.41) is 11.4. The smallest absolute Gasteiger partial charge is 0.336 e. The van der Waals surface area contributed by atoms with Gasteiger partial charge in [0, 0.05) is 5.56 Å². The molecular formula is C12H13F2NO4. The molecule has 1 rings (SSSR count). The molecule has 0 saturated carbocycles. The van der Waals surface area contributed by atoms with E-state index in [1.54, 1.807) is 0 Å². The first-order chi connectivity index (χ1) is 8.95. The molecule has 1 unspecified atom stereocenters. The third-order valence-electron chi connectivity index (χ3n) is 2.36. The van der Waals surface area contributed by atoms with Crippen LogP contribution in [-0.4, -0.2) is 36.7 Å². The van der Waals surface area contributed by atoms with E-state index in [-0.39, 0.29) is 12.1 Å². The number of nitrogens with one attached hydrogen (secondary N) is 1. The third kappa shape index (κ3) is 4.29. The summed E-state index contributed by atoms with van der Waals surface area (Å²) in [5.74, 6) is -3.28. The number of carbonyl (C=O) groups excluding carboxylic acids is 2. The fourth-order valence-corrected chi connectivity index (χ4v) is 1.35. The Hall–Kier alpha value is -2.02. The van der Waals surface area contributed by atoms with Gasteiger partial charge in [0.15, 0.2) is 6.10 Å². The Bertz CT molecular complexity index is 459. The SMILES string of the molecule is COC(=O)C(O)CNC(=O)Cc1c(F)cccc1F. The van der Waals surface area contributed by atoms with E-state index in [0.717, 1.165) is 19.2 Å². The zero-order valence-electron chi connectivity index (χ0n) is 10.2. The average molecular weight is 273 g/mol. The van der Waals surface area contributed by atoms with Gasteiger partial charge in [0.2, 0.25) is 5.91 Å². The minimum absolute atomic E-state index is 0.368. The summed E-state index contributed by atoms with van der Waals surface area (Å²) in [6.07, 6.45) is -2.04. The maximum atomic E-state index is 13.2. The second kappa shape index (κ2) is 6.79. The van der Waals surface area contributed by atoms with Crippen molar-refractivity contribution in [3.05, 3.63) is 35.4 Å². The van der Waals surface area contributed by atoms with Crippen LogP contribution in [0, 0.1) is 11.6 Å².